The van der Waals surface area contributed by atoms with E-state index in [1.54, 1.807) is 0 Å². The molecule has 0 aromatic heterocycles. The van der Waals surface area contributed by atoms with Crippen molar-refractivity contribution in [3.63, 3.8) is 0 Å². The fourth-order valence-corrected chi connectivity index (χ4v) is 2.06. The van der Waals surface area contributed by atoms with Crippen molar-refractivity contribution in [2.24, 2.45) is 0 Å². The van der Waals surface area contributed by atoms with E-state index >= 15 is 0 Å². The minimum Gasteiger partial charge on any atom is -0.540 e. The van der Waals surface area contributed by atoms with Crippen LogP contribution >= 0.6 is 0 Å². The fraction of sp³-hybridized carbons (Fsp3) is 0.143. The number of hydrogen-bond donors (Lipinski definition) is 0. The average molecular weight is 225 g/mol. The molecule has 0 saturated carbocycles. The van der Waals surface area contributed by atoms with Crippen LogP contribution in [-0.2, 0) is 0 Å². The smallest absolute Gasteiger partial charge is 0.341 e. The maximum absolute atomic E-state index is 5.12. The third kappa shape index (κ3) is 1.88. The maximum Gasteiger partial charge on any atom is 0.341 e. The van der Waals surface area contributed by atoms with Crippen LogP contribution in [0.25, 0.3) is 11.1 Å². The predicted molar refractivity (Wildman–Crippen MR) is 67.7 cm³/mol. The van der Waals surface area contributed by atoms with E-state index in [9.17, 15) is 0 Å². The number of hydrogen-bond acceptors (Lipinski definition) is 1. The lowest BCUT2D eigenvalue weighted by atomic mass is 9.96. The predicted octanol–water partition coefficient (Wildman–Crippen LogP) is 3.43. The Labute approximate surface area is 99.6 Å². The van der Waals surface area contributed by atoms with Crippen molar-refractivity contribution in [3.8, 4) is 16.9 Å². The zero-order chi connectivity index (χ0) is 11.5. The van der Waals surface area contributed by atoms with Gasteiger partial charge in [-0.05, 0) is 42.2 Å². The quantitative estimate of drug-likeness (QED) is 0.711. The van der Waals surface area contributed by atoms with Crippen LogP contribution in [-0.4, -0.2) is 10.5 Å². The van der Waals surface area contributed by atoms with Gasteiger partial charge in [0.1, 0.15) is 5.75 Å². The van der Waals surface area contributed by atoms with Crippen LogP contribution in [0.4, 0.5) is 0 Å². The van der Waals surface area contributed by atoms with E-state index in [1.165, 1.54) is 16.7 Å². The molecule has 2 aromatic rings. The van der Waals surface area contributed by atoms with Crippen LogP contribution in [0.2, 0.25) is 0 Å². The lowest BCUT2D eigenvalue weighted by Crippen LogP contribution is -1.93. The Morgan fingerprint density at radius 1 is 0.875 bits per heavy atom. The van der Waals surface area contributed by atoms with Crippen molar-refractivity contribution in [1.29, 1.82) is 0 Å². The first kappa shape index (κ1) is 11.0. The second-order valence-electron chi connectivity index (χ2n) is 3.83. The van der Waals surface area contributed by atoms with Crippen LogP contribution in [0.5, 0.6) is 5.75 Å². The Hall–Kier alpha value is -1.54. The summed E-state index contributed by atoms with van der Waals surface area (Å²) in [6, 6.07) is 14.5. The van der Waals surface area contributed by atoms with Crippen LogP contribution < -0.4 is 4.43 Å². The van der Waals surface area contributed by atoms with Crippen LogP contribution in [0.3, 0.4) is 0 Å². The van der Waals surface area contributed by atoms with Gasteiger partial charge in [0.05, 0.1) is 0 Å². The van der Waals surface area contributed by atoms with Crippen molar-refractivity contribution in [2.45, 2.75) is 13.8 Å². The van der Waals surface area contributed by atoms with E-state index in [1.807, 2.05) is 12.1 Å². The minimum atomic E-state index is 0.869. The molecule has 0 aliphatic carbocycles. The first-order valence-corrected chi connectivity index (χ1v) is 5.64. The normalized spacial score (nSPS) is 10.2. The van der Waals surface area contributed by atoms with E-state index in [0.29, 0.717) is 0 Å². The highest BCUT2D eigenvalue weighted by Gasteiger charge is 2.07. The average Bonchev–Trinajstić information content (AvgIpc) is 2.34. The molecule has 0 heterocycles. The van der Waals surface area contributed by atoms with Crippen molar-refractivity contribution < 1.29 is 4.43 Å². The summed E-state index contributed by atoms with van der Waals surface area (Å²) in [6.45, 7) is 4.18. The lowest BCUT2D eigenvalue weighted by molar-refractivity contribution is 0.609. The van der Waals surface area contributed by atoms with Crippen molar-refractivity contribution >= 4 is 10.5 Å². The molecule has 0 atom stereocenters. The largest absolute Gasteiger partial charge is 0.540 e. The highest BCUT2D eigenvalue weighted by atomic mass is 28.2. The zero-order valence-electron chi connectivity index (χ0n) is 9.45. The molecule has 1 nitrogen and oxygen atoms in total. The topological polar surface area (TPSA) is 9.23 Å². The highest BCUT2D eigenvalue weighted by Crippen LogP contribution is 2.30. The second kappa shape index (κ2) is 4.54. The van der Waals surface area contributed by atoms with Gasteiger partial charge in [0, 0.05) is 0 Å². The summed E-state index contributed by atoms with van der Waals surface area (Å²) < 4.78 is 5.12. The van der Waals surface area contributed by atoms with Gasteiger partial charge >= 0.3 is 10.5 Å². The number of rotatable bonds is 2. The standard InChI is InChI=1S/C14H13OSi/c1-10-11(2)14(15-16)9-8-13(10)12-6-4-3-5-7-12/h3-9H,1-2H3. The summed E-state index contributed by atoms with van der Waals surface area (Å²) in [7, 11) is 3.07. The molecule has 0 bridgehead atoms. The van der Waals surface area contributed by atoms with Gasteiger partial charge in [-0.25, -0.2) is 0 Å². The van der Waals surface area contributed by atoms with Gasteiger partial charge in [-0.1, -0.05) is 36.4 Å². The van der Waals surface area contributed by atoms with Gasteiger partial charge in [0.15, 0.2) is 0 Å². The van der Waals surface area contributed by atoms with Crippen molar-refractivity contribution in [1.82, 2.24) is 0 Å². The number of benzene rings is 2. The Morgan fingerprint density at radius 2 is 1.56 bits per heavy atom. The molecule has 0 saturated heterocycles. The molecule has 0 aliphatic heterocycles. The summed E-state index contributed by atoms with van der Waals surface area (Å²) in [5.74, 6) is 0.869. The monoisotopic (exact) mass is 225 g/mol. The van der Waals surface area contributed by atoms with Crippen LogP contribution in [0.15, 0.2) is 42.5 Å². The summed E-state index contributed by atoms with van der Waals surface area (Å²) in [5.41, 5.74) is 4.91. The summed E-state index contributed by atoms with van der Waals surface area (Å²) in [4.78, 5) is 0. The Bertz CT molecular complexity index is 492. The maximum atomic E-state index is 5.12. The summed E-state index contributed by atoms with van der Waals surface area (Å²) in [6.07, 6.45) is 0. The van der Waals surface area contributed by atoms with E-state index < -0.39 is 0 Å². The molecule has 0 fully saturated rings. The van der Waals surface area contributed by atoms with Crippen LogP contribution in [0.1, 0.15) is 11.1 Å². The molecule has 2 aromatic carbocycles. The summed E-state index contributed by atoms with van der Waals surface area (Å²) >= 11 is 0. The molecule has 2 rings (SSSR count). The van der Waals surface area contributed by atoms with Gasteiger partial charge < -0.3 is 4.43 Å². The SMILES string of the molecule is Cc1c(O[Si])ccc(-c2ccccc2)c1C. The molecule has 0 aliphatic rings. The Kier molecular flexibility index (Phi) is 3.11. The van der Waals surface area contributed by atoms with Gasteiger partial charge in [-0.15, -0.1) is 0 Å². The third-order valence-corrected chi connectivity index (χ3v) is 3.15. The van der Waals surface area contributed by atoms with E-state index in [0.717, 1.165) is 11.3 Å². The molecule has 79 valence electrons. The molecule has 0 spiro atoms. The molecule has 16 heavy (non-hydrogen) atoms. The summed E-state index contributed by atoms with van der Waals surface area (Å²) in [5, 5.41) is 0. The van der Waals surface area contributed by atoms with Gasteiger partial charge in [0.25, 0.3) is 0 Å². The lowest BCUT2D eigenvalue weighted by Gasteiger charge is -2.12. The van der Waals surface area contributed by atoms with Crippen molar-refractivity contribution in [3.05, 3.63) is 53.6 Å². The second-order valence-corrected chi connectivity index (χ2v) is 4.03. The molecule has 0 amide bonds. The molecule has 0 unspecified atom stereocenters. The molecular formula is C14H13OSi. The Morgan fingerprint density at radius 3 is 2.19 bits per heavy atom. The third-order valence-electron chi connectivity index (χ3n) is 2.93. The highest BCUT2D eigenvalue weighted by molar-refractivity contribution is 6.00. The van der Waals surface area contributed by atoms with E-state index in [4.69, 9.17) is 4.43 Å². The van der Waals surface area contributed by atoms with E-state index in [-0.39, 0.29) is 0 Å². The minimum absolute atomic E-state index is 0.869. The molecule has 2 heteroatoms. The first-order valence-electron chi connectivity index (χ1n) is 5.23. The first-order chi connectivity index (χ1) is 7.74. The van der Waals surface area contributed by atoms with Gasteiger partial charge in [-0.3, -0.25) is 0 Å². The van der Waals surface area contributed by atoms with Gasteiger partial charge in [0.2, 0.25) is 0 Å². The Balaban J connectivity index is 2.56. The van der Waals surface area contributed by atoms with Crippen LogP contribution in [0, 0.1) is 13.8 Å². The molecular weight excluding hydrogens is 212 g/mol. The fourth-order valence-electron chi connectivity index (χ4n) is 1.84. The zero-order valence-corrected chi connectivity index (χ0v) is 10.4. The van der Waals surface area contributed by atoms with Gasteiger partial charge in [-0.2, -0.15) is 0 Å². The molecule has 0 N–H and O–H groups in total. The van der Waals surface area contributed by atoms with Crippen molar-refractivity contribution in [2.75, 3.05) is 0 Å². The van der Waals surface area contributed by atoms with E-state index in [2.05, 4.69) is 54.7 Å². The molecule has 3 radical (unpaired) electrons.